The fourth-order valence-corrected chi connectivity index (χ4v) is 10.2. The Kier molecular flexibility index (Phi) is 62.5. The maximum atomic E-state index is 12.5. The van der Waals surface area contributed by atoms with Gasteiger partial charge in [-0.05, 0) is 89.9 Å². The quantitative estimate of drug-likeness (QED) is 0.0320. The van der Waals surface area contributed by atoms with Gasteiger partial charge in [-0.25, -0.2) is 0 Å². The van der Waals surface area contributed by atoms with E-state index in [1.807, 2.05) is 6.08 Å². The van der Waals surface area contributed by atoms with Gasteiger partial charge >= 0.3 is 5.97 Å². The molecule has 6 heteroatoms. The number of amides is 1. The average molecular weight is 1050 g/mol. The summed E-state index contributed by atoms with van der Waals surface area (Å²) < 4.78 is 5.49. The molecule has 0 rings (SSSR count). The van der Waals surface area contributed by atoms with Crippen LogP contribution in [0.5, 0.6) is 0 Å². The average Bonchev–Trinajstić information content (AvgIpc) is 3.41. The van der Waals surface area contributed by atoms with Crippen molar-refractivity contribution >= 4 is 11.9 Å². The molecule has 3 N–H and O–H groups in total. The summed E-state index contributed by atoms with van der Waals surface area (Å²) in [4.78, 5) is 24.6. The van der Waals surface area contributed by atoms with Gasteiger partial charge < -0.3 is 20.3 Å². The Balaban J connectivity index is 3.47. The van der Waals surface area contributed by atoms with Crippen LogP contribution in [0, 0.1) is 0 Å². The second-order valence-corrected chi connectivity index (χ2v) is 22.8. The van der Waals surface area contributed by atoms with Crippen molar-refractivity contribution in [1.29, 1.82) is 0 Å². The van der Waals surface area contributed by atoms with Crippen molar-refractivity contribution in [2.24, 2.45) is 0 Å². The van der Waals surface area contributed by atoms with Crippen molar-refractivity contribution < 1.29 is 24.5 Å². The first-order valence-corrected chi connectivity index (χ1v) is 33.4. The molecule has 0 saturated heterocycles. The third-order valence-corrected chi connectivity index (χ3v) is 15.3. The number of hydrogen-bond acceptors (Lipinski definition) is 5. The molecule has 0 radical (unpaired) electrons. The molecule has 440 valence electrons. The van der Waals surface area contributed by atoms with Crippen LogP contribution in [0.15, 0.2) is 48.6 Å². The fourth-order valence-electron chi connectivity index (χ4n) is 10.2. The zero-order chi connectivity index (χ0) is 54.3. The first kappa shape index (κ1) is 72.8. The van der Waals surface area contributed by atoms with Gasteiger partial charge in [-0.2, -0.15) is 0 Å². The number of carbonyl (C=O) groups is 2. The molecular weight excluding hydrogens is 923 g/mol. The highest BCUT2D eigenvalue weighted by molar-refractivity contribution is 5.76. The SMILES string of the molecule is CCCCC/C=C\C/C=C\CCCCCCCCCC(=O)OCCCCCCCCCC/C=C\CCCCCCCCCC(=O)NC(CO)C(O)/C=C/CCCCCCCCCCCCCCCCCCCCCC. The zero-order valence-corrected chi connectivity index (χ0v) is 50.3. The number of allylic oxidation sites excluding steroid dienone is 7. The Morgan fingerprint density at radius 1 is 0.373 bits per heavy atom. The molecule has 0 aliphatic carbocycles. The number of esters is 1. The van der Waals surface area contributed by atoms with Crippen molar-refractivity contribution in [2.45, 2.75) is 366 Å². The van der Waals surface area contributed by atoms with Crippen molar-refractivity contribution in [3.05, 3.63) is 48.6 Å². The second kappa shape index (κ2) is 64.3. The maximum absolute atomic E-state index is 12.5. The number of hydrogen-bond donors (Lipinski definition) is 3. The Bertz CT molecular complexity index is 1260. The minimum absolute atomic E-state index is 0.00439. The summed E-state index contributed by atoms with van der Waals surface area (Å²) in [6, 6.07) is -0.637. The Morgan fingerprint density at radius 3 is 1.05 bits per heavy atom. The molecule has 6 nitrogen and oxygen atoms in total. The molecule has 0 aromatic rings. The molecule has 0 aromatic heterocycles. The molecule has 0 heterocycles. The lowest BCUT2D eigenvalue weighted by atomic mass is 10.0. The molecule has 0 aliphatic heterocycles. The third kappa shape index (κ3) is 60.9. The van der Waals surface area contributed by atoms with Crippen LogP contribution in [0.1, 0.15) is 354 Å². The summed E-state index contributed by atoms with van der Waals surface area (Å²) in [5.41, 5.74) is 0. The van der Waals surface area contributed by atoms with E-state index < -0.39 is 12.1 Å². The van der Waals surface area contributed by atoms with Gasteiger partial charge in [0.2, 0.25) is 5.91 Å². The van der Waals surface area contributed by atoms with Gasteiger partial charge in [-0.15, -0.1) is 0 Å². The highest BCUT2D eigenvalue weighted by atomic mass is 16.5. The van der Waals surface area contributed by atoms with Crippen LogP contribution in [0.25, 0.3) is 0 Å². The maximum Gasteiger partial charge on any atom is 0.305 e. The Hall–Kier alpha value is -2.18. The van der Waals surface area contributed by atoms with E-state index in [1.165, 1.54) is 263 Å². The molecule has 0 aromatic carbocycles. The number of carbonyl (C=O) groups excluding carboxylic acids is 2. The van der Waals surface area contributed by atoms with Crippen molar-refractivity contribution in [1.82, 2.24) is 5.32 Å². The summed E-state index contributed by atoms with van der Waals surface area (Å²) in [5, 5.41) is 23.2. The molecular formula is C69H129NO5. The minimum atomic E-state index is -0.853. The van der Waals surface area contributed by atoms with Crippen LogP contribution < -0.4 is 5.32 Å². The first-order chi connectivity index (χ1) is 37.0. The molecule has 75 heavy (non-hydrogen) atoms. The minimum Gasteiger partial charge on any atom is -0.466 e. The summed E-state index contributed by atoms with van der Waals surface area (Å²) >= 11 is 0. The van der Waals surface area contributed by atoms with Crippen LogP contribution in [0.3, 0.4) is 0 Å². The lowest BCUT2D eigenvalue weighted by Gasteiger charge is -2.20. The topological polar surface area (TPSA) is 95.9 Å². The Labute approximate surface area is 467 Å². The van der Waals surface area contributed by atoms with Gasteiger partial charge in [0, 0.05) is 12.8 Å². The van der Waals surface area contributed by atoms with Gasteiger partial charge in [0.1, 0.15) is 0 Å². The Morgan fingerprint density at radius 2 is 0.667 bits per heavy atom. The van der Waals surface area contributed by atoms with Crippen molar-refractivity contribution in [2.75, 3.05) is 13.2 Å². The molecule has 0 fully saturated rings. The van der Waals surface area contributed by atoms with E-state index in [9.17, 15) is 19.8 Å². The second-order valence-electron chi connectivity index (χ2n) is 22.8. The molecule has 2 unspecified atom stereocenters. The zero-order valence-electron chi connectivity index (χ0n) is 50.3. The van der Waals surface area contributed by atoms with Crippen LogP contribution in [-0.4, -0.2) is 47.4 Å². The predicted molar refractivity (Wildman–Crippen MR) is 329 cm³/mol. The van der Waals surface area contributed by atoms with E-state index in [0.717, 1.165) is 64.2 Å². The molecule has 1 amide bonds. The number of nitrogens with one attached hydrogen (secondary N) is 1. The lowest BCUT2D eigenvalue weighted by molar-refractivity contribution is -0.143. The summed E-state index contributed by atoms with van der Waals surface area (Å²) in [7, 11) is 0. The van der Waals surface area contributed by atoms with Crippen LogP contribution in [0.4, 0.5) is 0 Å². The predicted octanol–water partition coefficient (Wildman–Crippen LogP) is 21.3. The highest BCUT2D eigenvalue weighted by Crippen LogP contribution is 2.17. The van der Waals surface area contributed by atoms with Gasteiger partial charge in [-0.1, -0.05) is 300 Å². The number of rotatable bonds is 62. The van der Waals surface area contributed by atoms with Crippen LogP contribution in [-0.2, 0) is 14.3 Å². The fraction of sp³-hybridized carbons (Fsp3) is 0.855. The van der Waals surface area contributed by atoms with Gasteiger partial charge in [0.15, 0.2) is 0 Å². The van der Waals surface area contributed by atoms with E-state index in [0.29, 0.717) is 19.4 Å². The molecule has 0 saturated carbocycles. The molecule has 2 atom stereocenters. The van der Waals surface area contributed by atoms with Gasteiger partial charge in [0.25, 0.3) is 0 Å². The number of ether oxygens (including phenoxy) is 1. The smallest absolute Gasteiger partial charge is 0.305 e. The van der Waals surface area contributed by atoms with E-state index in [-0.39, 0.29) is 18.5 Å². The van der Waals surface area contributed by atoms with Gasteiger partial charge in [-0.3, -0.25) is 9.59 Å². The molecule has 0 bridgehead atoms. The van der Waals surface area contributed by atoms with E-state index in [2.05, 4.69) is 55.6 Å². The van der Waals surface area contributed by atoms with Gasteiger partial charge in [0.05, 0.1) is 25.4 Å². The van der Waals surface area contributed by atoms with E-state index in [1.54, 1.807) is 6.08 Å². The number of aliphatic hydroxyl groups excluding tert-OH is 2. The summed E-state index contributed by atoms with van der Waals surface area (Å²) in [5.74, 6) is -0.0796. The number of aliphatic hydroxyl groups is 2. The van der Waals surface area contributed by atoms with Crippen molar-refractivity contribution in [3.63, 3.8) is 0 Å². The molecule has 0 spiro atoms. The number of unbranched alkanes of at least 4 members (excludes halogenated alkanes) is 45. The molecule has 0 aliphatic rings. The highest BCUT2D eigenvalue weighted by Gasteiger charge is 2.18. The van der Waals surface area contributed by atoms with Crippen LogP contribution in [0.2, 0.25) is 0 Å². The summed E-state index contributed by atoms with van der Waals surface area (Å²) in [6.07, 6.45) is 83.0. The van der Waals surface area contributed by atoms with E-state index >= 15 is 0 Å². The third-order valence-electron chi connectivity index (χ3n) is 15.3. The van der Waals surface area contributed by atoms with Crippen molar-refractivity contribution in [3.8, 4) is 0 Å². The largest absolute Gasteiger partial charge is 0.466 e. The monoisotopic (exact) mass is 1050 g/mol. The first-order valence-electron chi connectivity index (χ1n) is 33.4. The normalized spacial score (nSPS) is 12.9. The summed E-state index contributed by atoms with van der Waals surface area (Å²) in [6.45, 7) is 4.88. The standard InChI is InChI=1S/C69H129NO5/c1-3-5-7-9-11-13-15-17-19-21-22-23-24-26-30-33-37-41-45-49-53-57-61-67(72)66(65-71)70-68(73)62-58-54-50-46-42-38-34-31-27-25-28-32-36-40-44-48-52-56-60-64-75-69(74)63-59-55-51-47-43-39-35-29-20-18-16-14-12-10-8-6-4-2/h12,14,18,20,25,27,57,61,66-67,71-72H,3-11,13,15-17,19,21-24,26,28-56,58-60,62-65H2,1-2H3,(H,70,73)/b14-12-,20-18-,27-25-,61-57+. The van der Waals surface area contributed by atoms with Crippen LogP contribution >= 0.6 is 0 Å². The van der Waals surface area contributed by atoms with E-state index in [4.69, 9.17) is 4.74 Å². The lowest BCUT2D eigenvalue weighted by Crippen LogP contribution is -2.45.